The first-order chi connectivity index (χ1) is 13.1. The van der Waals surface area contributed by atoms with Crippen molar-refractivity contribution in [1.82, 2.24) is 0 Å². The molecule has 1 amide bonds. The van der Waals surface area contributed by atoms with Gasteiger partial charge in [-0.25, -0.2) is 0 Å². The molecule has 0 fully saturated rings. The maximum Gasteiger partial charge on any atom is 0.262 e. The van der Waals surface area contributed by atoms with Gasteiger partial charge in [-0.1, -0.05) is 60.1 Å². The normalized spacial score (nSPS) is 15.3. The molecule has 3 aromatic rings. The third kappa shape index (κ3) is 3.84. The molecule has 0 spiro atoms. The molecule has 27 heavy (non-hydrogen) atoms. The molecule has 0 saturated carbocycles. The van der Waals surface area contributed by atoms with Gasteiger partial charge in [-0.15, -0.1) is 0 Å². The van der Waals surface area contributed by atoms with Crippen LogP contribution < -0.4 is 4.90 Å². The Morgan fingerprint density at radius 1 is 0.889 bits per heavy atom. The first-order valence-electron chi connectivity index (χ1n) is 8.46. The van der Waals surface area contributed by atoms with Crippen molar-refractivity contribution in [2.24, 2.45) is 0 Å². The number of halogens is 2. The molecule has 4 rings (SSSR count). The number of hydrogen-bond donors (Lipinski definition) is 0. The first kappa shape index (κ1) is 18.0. The van der Waals surface area contributed by atoms with Crippen LogP contribution in [0.2, 0.25) is 5.02 Å². The second-order valence-corrected chi connectivity index (χ2v) is 7.85. The summed E-state index contributed by atoms with van der Waals surface area (Å²) in [4.78, 5) is 15.0. The monoisotopic (exact) mass is 483 g/mol. The highest BCUT2D eigenvalue weighted by atomic mass is 127. The SMILES string of the molecule is O=C1C(=Cc2ccc(Cl)cc2)C=C(c2ccccc2)N1c1cccc(I)c1. The third-order valence-corrected chi connectivity index (χ3v) is 5.23. The second kappa shape index (κ2) is 7.71. The van der Waals surface area contributed by atoms with Crippen LogP contribution in [0.15, 0.2) is 90.5 Å². The number of hydrogen-bond acceptors (Lipinski definition) is 1. The molecule has 2 nitrogen and oxygen atoms in total. The van der Waals surface area contributed by atoms with Crippen LogP contribution in [0.5, 0.6) is 0 Å². The van der Waals surface area contributed by atoms with Crippen molar-refractivity contribution in [1.29, 1.82) is 0 Å². The van der Waals surface area contributed by atoms with Crippen LogP contribution in [-0.4, -0.2) is 5.91 Å². The standard InChI is InChI=1S/C23H15ClINO/c24-19-11-9-16(10-12-19)13-18-14-22(17-5-2-1-3-6-17)26(23(18)27)21-8-4-7-20(25)15-21/h1-15H. The fourth-order valence-electron chi connectivity index (χ4n) is 3.05. The predicted octanol–water partition coefficient (Wildman–Crippen LogP) is 6.42. The van der Waals surface area contributed by atoms with Crippen molar-refractivity contribution >= 4 is 57.6 Å². The lowest BCUT2D eigenvalue weighted by molar-refractivity contribution is -0.113. The molecule has 0 aliphatic carbocycles. The van der Waals surface area contributed by atoms with Crippen molar-refractivity contribution < 1.29 is 4.79 Å². The van der Waals surface area contributed by atoms with Crippen LogP contribution in [0.4, 0.5) is 5.69 Å². The number of nitrogens with zero attached hydrogens (tertiary/aromatic N) is 1. The molecule has 0 N–H and O–H groups in total. The van der Waals surface area contributed by atoms with Crippen LogP contribution in [0.3, 0.4) is 0 Å². The molecule has 0 atom stereocenters. The molecular formula is C23H15ClINO. The summed E-state index contributed by atoms with van der Waals surface area (Å²) in [6, 6.07) is 25.4. The summed E-state index contributed by atoms with van der Waals surface area (Å²) in [7, 11) is 0. The molecular weight excluding hydrogens is 469 g/mol. The lowest BCUT2D eigenvalue weighted by atomic mass is 10.1. The van der Waals surface area contributed by atoms with Crippen LogP contribution in [0.25, 0.3) is 11.8 Å². The summed E-state index contributed by atoms with van der Waals surface area (Å²) < 4.78 is 1.08. The van der Waals surface area contributed by atoms with Gasteiger partial charge in [0.25, 0.3) is 5.91 Å². The molecule has 3 aromatic carbocycles. The Bertz CT molecular complexity index is 1060. The van der Waals surface area contributed by atoms with E-state index in [1.165, 1.54) is 0 Å². The average molecular weight is 484 g/mol. The Morgan fingerprint density at radius 3 is 2.33 bits per heavy atom. The number of anilines is 1. The lowest BCUT2D eigenvalue weighted by Gasteiger charge is -2.21. The summed E-state index contributed by atoms with van der Waals surface area (Å²) in [5.74, 6) is -0.0363. The highest BCUT2D eigenvalue weighted by Crippen LogP contribution is 2.35. The number of carbonyl (C=O) groups excluding carboxylic acids is 1. The average Bonchev–Trinajstić information content (AvgIpc) is 3.01. The highest BCUT2D eigenvalue weighted by molar-refractivity contribution is 14.1. The van der Waals surface area contributed by atoms with Gasteiger partial charge in [-0.05, 0) is 76.2 Å². The van der Waals surface area contributed by atoms with Gasteiger partial charge >= 0.3 is 0 Å². The van der Waals surface area contributed by atoms with Gasteiger partial charge in [0.05, 0.1) is 11.4 Å². The lowest BCUT2D eigenvalue weighted by Crippen LogP contribution is -2.25. The van der Waals surface area contributed by atoms with E-state index in [1.807, 2.05) is 91.0 Å². The summed E-state index contributed by atoms with van der Waals surface area (Å²) in [5.41, 5.74) is 4.33. The van der Waals surface area contributed by atoms with Crippen LogP contribution in [0, 0.1) is 3.57 Å². The van der Waals surface area contributed by atoms with Crippen LogP contribution in [0.1, 0.15) is 11.1 Å². The van der Waals surface area contributed by atoms with Crippen LogP contribution >= 0.6 is 34.2 Å². The predicted molar refractivity (Wildman–Crippen MR) is 120 cm³/mol. The fraction of sp³-hybridized carbons (Fsp3) is 0. The van der Waals surface area contributed by atoms with Crippen molar-refractivity contribution in [2.75, 3.05) is 4.90 Å². The Balaban J connectivity index is 1.82. The van der Waals surface area contributed by atoms with Crippen molar-refractivity contribution in [2.45, 2.75) is 0 Å². The molecule has 0 radical (unpaired) electrons. The topological polar surface area (TPSA) is 20.3 Å². The maximum absolute atomic E-state index is 13.2. The number of carbonyl (C=O) groups is 1. The van der Waals surface area contributed by atoms with Crippen molar-refractivity contribution in [3.05, 3.63) is 110 Å². The van der Waals surface area contributed by atoms with E-state index in [2.05, 4.69) is 22.6 Å². The maximum atomic E-state index is 13.2. The summed E-state index contributed by atoms with van der Waals surface area (Å²) in [6.45, 7) is 0. The Labute approximate surface area is 176 Å². The first-order valence-corrected chi connectivity index (χ1v) is 9.92. The Kier molecular flexibility index (Phi) is 5.14. The molecule has 4 heteroatoms. The number of amides is 1. The molecule has 0 unspecified atom stereocenters. The van der Waals surface area contributed by atoms with E-state index >= 15 is 0 Å². The van der Waals surface area contributed by atoms with Gasteiger partial charge in [0, 0.05) is 14.2 Å². The Hall–Kier alpha value is -2.37. The molecule has 1 aliphatic heterocycles. The van der Waals surface area contributed by atoms with E-state index in [4.69, 9.17) is 11.6 Å². The van der Waals surface area contributed by atoms with Crippen molar-refractivity contribution in [3.8, 4) is 0 Å². The summed E-state index contributed by atoms with van der Waals surface area (Å²) >= 11 is 8.23. The number of benzene rings is 3. The van der Waals surface area contributed by atoms with E-state index in [0.29, 0.717) is 10.6 Å². The Morgan fingerprint density at radius 2 is 1.63 bits per heavy atom. The van der Waals surface area contributed by atoms with Gasteiger partial charge in [0.2, 0.25) is 0 Å². The molecule has 1 heterocycles. The van der Waals surface area contributed by atoms with Gasteiger partial charge in [-0.2, -0.15) is 0 Å². The summed E-state index contributed by atoms with van der Waals surface area (Å²) in [6.07, 6.45) is 3.85. The van der Waals surface area contributed by atoms with Crippen LogP contribution in [-0.2, 0) is 4.79 Å². The second-order valence-electron chi connectivity index (χ2n) is 6.17. The van der Waals surface area contributed by atoms with Gasteiger partial charge in [0.15, 0.2) is 0 Å². The minimum absolute atomic E-state index is 0.0363. The molecule has 132 valence electrons. The third-order valence-electron chi connectivity index (χ3n) is 4.31. The molecule has 0 saturated heterocycles. The zero-order valence-electron chi connectivity index (χ0n) is 14.3. The minimum Gasteiger partial charge on any atom is -0.276 e. The van der Waals surface area contributed by atoms with Gasteiger partial charge in [-0.3, -0.25) is 9.69 Å². The summed E-state index contributed by atoms with van der Waals surface area (Å²) in [5, 5.41) is 0.677. The zero-order valence-corrected chi connectivity index (χ0v) is 17.2. The smallest absolute Gasteiger partial charge is 0.262 e. The van der Waals surface area contributed by atoms with E-state index in [9.17, 15) is 4.79 Å². The highest BCUT2D eigenvalue weighted by Gasteiger charge is 2.30. The van der Waals surface area contributed by atoms with E-state index in [-0.39, 0.29) is 5.91 Å². The van der Waals surface area contributed by atoms with E-state index in [1.54, 1.807) is 4.90 Å². The van der Waals surface area contributed by atoms with Gasteiger partial charge < -0.3 is 0 Å². The zero-order chi connectivity index (χ0) is 18.8. The molecule has 0 bridgehead atoms. The van der Waals surface area contributed by atoms with E-state index in [0.717, 1.165) is 26.1 Å². The minimum atomic E-state index is -0.0363. The van der Waals surface area contributed by atoms with E-state index < -0.39 is 0 Å². The fourth-order valence-corrected chi connectivity index (χ4v) is 3.70. The largest absolute Gasteiger partial charge is 0.276 e. The quantitative estimate of drug-likeness (QED) is 0.311. The van der Waals surface area contributed by atoms with Gasteiger partial charge in [0.1, 0.15) is 0 Å². The molecule has 1 aliphatic rings. The number of rotatable bonds is 3. The van der Waals surface area contributed by atoms with Crippen molar-refractivity contribution in [3.63, 3.8) is 0 Å². The molecule has 0 aromatic heterocycles.